The van der Waals surface area contributed by atoms with E-state index in [4.69, 9.17) is 19.9 Å². The van der Waals surface area contributed by atoms with E-state index in [1.165, 1.54) is 103 Å². The predicted octanol–water partition coefficient (Wildman–Crippen LogP) is 23.5. The Morgan fingerprint density at radius 3 is 1.30 bits per heavy atom. The average Bonchev–Trinajstić information content (AvgIpc) is 1.36. The second-order valence-corrected chi connectivity index (χ2v) is 29.1. The lowest BCUT2D eigenvalue weighted by molar-refractivity contribution is 0.690. The quantitative estimate of drug-likeness (QED) is 0.158. The third-order valence-electron chi connectivity index (χ3n) is 21.9. The van der Waals surface area contributed by atoms with Crippen LogP contribution >= 0.6 is 23.5 Å². The number of hydrogen-bond acceptors (Lipinski definition) is 6. The van der Waals surface area contributed by atoms with E-state index in [1.807, 2.05) is 29.6 Å². The van der Waals surface area contributed by atoms with Crippen LogP contribution < -0.4 is 0 Å². The molecule has 18 aromatic rings. The highest BCUT2D eigenvalue weighted by atomic mass is 32.2. The molecular formula is C94H56N6S2. The normalized spacial score (nSPS) is 15.6. The highest BCUT2D eigenvalue weighted by molar-refractivity contribution is 8.00. The lowest BCUT2D eigenvalue weighted by atomic mass is 9.62. The lowest BCUT2D eigenvalue weighted by Gasteiger charge is -2.45. The molecule has 4 aromatic heterocycles. The van der Waals surface area contributed by atoms with Gasteiger partial charge in [0.15, 0.2) is 11.6 Å². The minimum absolute atomic E-state index is 0.664. The number of hydrogen-bond donors (Lipinski definition) is 0. The minimum atomic E-state index is -0.719. The van der Waals surface area contributed by atoms with Crippen molar-refractivity contribution in [1.29, 1.82) is 0 Å². The van der Waals surface area contributed by atoms with E-state index in [0.29, 0.717) is 11.6 Å². The van der Waals surface area contributed by atoms with Gasteiger partial charge in [-0.05, 0) is 110 Å². The van der Waals surface area contributed by atoms with Crippen LogP contribution in [0.2, 0.25) is 0 Å². The van der Waals surface area contributed by atoms with Crippen LogP contribution in [0.15, 0.2) is 359 Å². The summed E-state index contributed by atoms with van der Waals surface area (Å²) in [5.74, 6) is 1.37. The Balaban J connectivity index is 0.728. The molecule has 4 aliphatic rings. The molecule has 0 N–H and O–H groups in total. The van der Waals surface area contributed by atoms with E-state index in [9.17, 15) is 0 Å². The van der Waals surface area contributed by atoms with Crippen molar-refractivity contribution in [2.75, 3.05) is 0 Å². The van der Waals surface area contributed by atoms with Crippen LogP contribution in [-0.4, -0.2) is 29.1 Å². The van der Waals surface area contributed by atoms with Crippen molar-refractivity contribution >= 4 is 67.1 Å². The summed E-state index contributed by atoms with van der Waals surface area (Å²) in [5.41, 5.74) is 27.6. The zero-order chi connectivity index (χ0) is 66.8. The third kappa shape index (κ3) is 7.98. The molecule has 2 atom stereocenters. The molecule has 0 saturated heterocycles. The summed E-state index contributed by atoms with van der Waals surface area (Å²) >= 11 is 3.69. The Kier molecular flexibility index (Phi) is 12.4. The summed E-state index contributed by atoms with van der Waals surface area (Å²) in [4.78, 5) is 26.9. The van der Waals surface area contributed by atoms with Gasteiger partial charge in [-0.1, -0.05) is 309 Å². The second kappa shape index (κ2) is 22.0. The van der Waals surface area contributed by atoms with Crippen molar-refractivity contribution in [3.63, 3.8) is 0 Å². The molecule has 6 nitrogen and oxygen atoms in total. The smallest absolute Gasteiger partial charge is 0.161 e. The fraction of sp³-hybridized carbons (Fsp3) is 0.0213. The topological polar surface area (TPSA) is 61.4 Å². The SMILES string of the molecule is c1ccc(-c2cc(-c3cccc4c3Sc3ccccc3C43c4ccccc4-n4c5cccc(-c6cccc(-c7cc(-c8ccccc8)nc(-c8cccc9c8Sc8ccccc8C98c9ccccc9-n9c%10ccccc%10c%10cccc8c%109)n7)c6)c5c5cccc3c54)nc(-c3ccccc3)n2)cc1. The summed E-state index contributed by atoms with van der Waals surface area (Å²) in [7, 11) is 0. The van der Waals surface area contributed by atoms with E-state index in [-0.39, 0.29) is 0 Å². The summed E-state index contributed by atoms with van der Waals surface area (Å²) in [6.07, 6.45) is 0. The molecule has 8 heteroatoms. The van der Waals surface area contributed by atoms with Gasteiger partial charge in [-0.15, -0.1) is 0 Å². The number of aromatic nitrogens is 6. The standard InChI is InChI=1S/C94H56N6S2/c1-4-26-57(27-5-1)76-55-78(97-92(96-76)67-39-24-47-75-90(67)102-85-53-19-14-43-71(85)93(75)68-40-11-16-49-81(68)99-80-48-15-10-34-63(80)64-36-21-44-72(93)87(64)99)61-33-20-32-60(54-61)62-35-25-51-83-86(62)66-38-23-45-73-88(66)100(83)82-50-17-12-41-69(82)94(73)70-42-13-18-52-84(70)101-89-65(37-22-46-74(89)94)79-56-77(58-28-6-2-7-29-58)95-91(98-79)59-30-8-3-9-31-59/h1-56H. The molecule has 102 heavy (non-hydrogen) atoms. The lowest BCUT2D eigenvalue weighted by Crippen LogP contribution is -2.37. The minimum Gasteiger partial charge on any atom is -0.309 e. The highest BCUT2D eigenvalue weighted by Crippen LogP contribution is 2.64. The Morgan fingerprint density at radius 2 is 0.647 bits per heavy atom. The van der Waals surface area contributed by atoms with Crippen molar-refractivity contribution in [3.05, 3.63) is 384 Å². The van der Waals surface area contributed by atoms with Gasteiger partial charge >= 0.3 is 0 Å². The van der Waals surface area contributed by atoms with Gasteiger partial charge in [0.1, 0.15) is 0 Å². The summed E-state index contributed by atoms with van der Waals surface area (Å²) in [6.45, 7) is 0. The molecule has 474 valence electrons. The fourth-order valence-corrected chi connectivity index (χ4v) is 20.4. The number of fused-ring (bicyclic) bond motifs is 22. The number of para-hydroxylation sites is 5. The van der Waals surface area contributed by atoms with Gasteiger partial charge in [-0.3, -0.25) is 0 Å². The Bertz CT molecular complexity index is 6540. The first-order chi connectivity index (χ1) is 50.6. The van der Waals surface area contributed by atoms with E-state index < -0.39 is 10.8 Å². The van der Waals surface area contributed by atoms with Crippen molar-refractivity contribution in [2.24, 2.45) is 0 Å². The maximum atomic E-state index is 5.76. The zero-order valence-electron chi connectivity index (χ0n) is 54.8. The van der Waals surface area contributed by atoms with Crippen molar-refractivity contribution < 1.29 is 0 Å². The molecule has 0 bridgehead atoms. The number of benzene rings is 14. The van der Waals surface area contributed by atoms with Crippen molar-refractivity contribution in [3.8, 4) is 90.3 Å². The molecule has 0 saturated carbocycles. The molecule has 0 aliphatic carbocycles. The van der Waals surface area contributed by atoms with Gasteiger partial charge < -0.3 is 9.13 Å². The second-order valence-electron chi connectivity index (χ2n) is 27.0. The zero-order valence-corrected chi connectivity index (χ0v) is 56.5. The van der Waals surface area contributed by atoms with Crippen LogP contribution in [0.1, 0.15) is 44.5 Å². The predicted molar refractivity (Wildman–Crippen MR) is 416 cm³/mol. The summed E-state index contributed by atoms with van der Waals surface area (Å²) in [5, 5.41) is 4.90. The van der Waals surface area contributed by atoms with Gasteiger partial charge in [-0.25, -0.2) is 19.9 Å². The number of rotatable bonds is 7. The van der Waals surface area contributed by atoms with Gasteiger partial charge in [-0.2, -0.15) is 0 Å². The first kappa shape index (κ1) is 57.4. The molecule has 0 radical (unpaired) electrons. The third-order valence-corrected chi connectivity index (χ3v) is 24.3. The van der Waals surface area contributed by atoms with Crippen molar-refractivity contribution in [2.45, 2.75) is 30.4 Å². The Hall–Kier alpha value is -12.5. The monoisotopic (exact) mass is 1330 g/mol. The van der Waals surface area contributed by atoms with Gasteiger partial charge in [0.25, 0.3) is 0 Å². The summed E-state index contributed by atoms with van der Waals surface area (Å²) < 4.78 is 5.07. The van der Waals surface area contributed by atoms with Crippen LogP contribution in [0.3, 0.4) is 0 Å². The molecule has 4 aliphatic heterocycles. The highest BCUT2D eigenvalue weighted by Gasteiger charge is 2.52. The average molecular weight is 1330 g/mol. The van der Waals surface area contributed by atoms with Gasteiger partial charge in [0.2, 0.25) is 0 Å². The van der Waals surface area contributed by atoms with Crippen molar-refractivity contribution in [1.82, 2.24) is 29.1 Å². The maximum Gasteiger partial charge on any atom is 0.161 e. The Labute approximate surface area is 597 Å². The molecular weight excluding hydrogens is 1280 g/mol. The molecule has 2 unspecified atom stereocenters. The van der Waals surface area contributed by atoms with Gasteiger partial charge in [0, 0.05) is 74.5 Å². The maximum absolute atomic E-state index is 5.76. The molecule has 2 spiro atoms. The van der Waals surface area contributed by atoms with E-state index >= 15 is 0 Å². The molecule has 0 amide bonds. The Morgan fingerprint density at radius 1 is 0.245 bits per heavy atom. The van der Waals surface area contributed by atoms with Crippen LogP contribution in [0, 0.1) is 0 Å². The molecule has 8 heterocycles. The van der Waals surface area contributed by atoms with Crippen LogP contribution in [0.25, 0.3) is 134 Å². The number of nitrogens with zero attached hydrogens (tertiary/aromatic N) is 6. The first-order valence-electron chi connectivity index (χ1n) is 34.8. The van der Waals surface area contributed by atoms with E-state index in [1.54, 1.807) is 0 Å². The summed E-state index contributed by atoms with van der Waals surface area (Å²) in [6, 6.07) is 125. The first-order valence-corrected chi connectivity index (χ1v) is 36.4. The van der Waals surface area contributed by atoms with E-state index in [2.05, 4.69) is 343 Å². The molecule has 14 aromatic carbocycles. The van der Waals surface area contributed by atoms with E-state index in [0.717, 1.165) is 83.4 Å². The van der Waals surface area contributed by atoms with Gasteiger partial charge in [0.05, 0.1) is 67.0 Å². The van der Waals surface area contributed by atoms with Crippen LogP contribution in [0.4, 0.5) is 0 Å². The molecule has 22 rings (SSSR count). The largest absolute Gasteiger partial charge is 0.309 e. The molecule has 0 fully saturated rings. The van der Waals surface area contributed by atoms with Crippen LogP contribution in [-0.2, 0) is 10.8 Å². The fourth-order valence-electron chi connectivity index (χ4n) is 17.8. The van der Waals surface area contributed by atoms with Crippen LogP contribution in [0.5, 0.6) is 0 Å².